The Hall–Kier alpha value is -0.750. The first-order valence-electron chi connectivity index (χ1n) is 6.02. The molecule has 2 rings (SSSR count). The van der Waals surface area contributed by atoms with Gasteiger partial charge in [0.2, 0.25) is 0 Å². The molecule has 2 aromatic rings. The summed E-state index contributed by atoms with van der Waals surface area (Å²) in [7, 11) is 0. The molecular weight excluding hydrogens is 367 g/mol. The van der Waals surface area contributed by atoms with Crippen molar-refractivity contribution in [1.82, 2.24) is 10.5 Å². The number of benzene rings is 1. The third-order valence-corrected chi connectivity index (χ3v) is 4.00. The van der Waals surface area contributed by atoms with E-state index in [2.05, 4.69) is 26.4 Å². The molecule has 0 aliphatic heterocycles. The van der Waals surface area contributed by atoms with E-state index in [1.807, 2.05) is 13.0 Å². The molecule has 1 aromatic heterocycles. The molecule has 0 fully saturated rings. The third-order valence-electron chi connectivity index (χ3n) is 2.51. The van der Waals surface area contributed by atoms with Gasteiger partial charge in [0.15, 0.2) is 5.76 Å². The number of rotatable bonds is 6. The molecule has 0 atom stereocenters. The summed E-state index contributed by atoms with van der Waals surface area (Å²) in [4.78, 5) is 0. The molecule has 0 saturated heterocycles. The quantitative estimate of drug-likeness (QED) is 0.754. The second kappa shape index (κ2) is 7.31. The van der Waals surface area contributed by atoms with Crippen LogP contribution in [0.4, 0.5) is 0 Å². The molecule has 0 spiro atoms. The van der Waals surface area contributed by atoms with Gasteiger partial charge in [0.1, 0.15) is 12.4 Å². The van der Waals surface area contributed by atoms with Gasteiger partial charge >= 0.3 is 0 Å². The summed E-state index contributed by atoms with van der Waals surface area (Å²) in [6, 6.07) is 5.19. The fourth-order valence-corrected chi connectivity index (χ4v) is 2.37. The number of aromatic nitrogens is 1. The SMILES string of the molecule is CCNCc1cc(COc2cc(Cl)c(Br)cc2Cl)on1. The van der Waals surface area contributed by atoms with E-state index in [0.29, 0.717) is 28.1 Å². The molecule has 1 heterocycles. The summed E-state index contributed by atoms with van der Waals surface area (Å²) in [6.07, 6.45) is 0. The Morgan fingerprint density at radius 2 is 2.10 bits per heavy atom. The molecule has 0 saturated carbocycles. The van der Waals surface area contributed by atoms with Crippen LogP contribution in [0.5, 0.6) is 5.75 Å². The molecule has 0 aliphatic rings. The third kappa shape index (κ3) is 4.12. The number of hydrogen-bond acceptors (Lipinski definition) is 4. The number of halogens is 3. The minimum absolute atomic E-state index is 0.247. The molecule has 7 heteroatoms. The summed E-state index contributed by atoms with van der Waals surface area (Å²) < 4.78 is 11.5. The zero-order valence-corrected chi connectivity index (χ0v) is 13.8. The zero-order chi connectivity index (χ0) is 14.5. The van der Waals surface area contributed by atoms with Gasteiger partial charge in [-0.1, -0.05) is 35.3 Å². The minimum atomic E-state index is 0.247. The van der Waals surface area contributed by atoms with Gasteiger partial charge in [-0.2, -0.15) is 0 Å². The smallest absolute Gasteiger partial charge is 0.174 e. The van der Waals surface area contributed by atoms with Gasteiger partial charge in [0, 0.05) is 23.2 Å². The molecule has 1 aromatic carbocycles. The molecule has 20 heavy (non-hydrogen) atoms. The summed E-state index contributed by atoms with van der Waals surface area (Å²) in [5.74, 6) is 1.14. The van der Waals surface area contributed by atoms with Gasteiger partial charge < -0.3 is 14.6 Å². The van der Waals surface area contributed by atoms with Gasteiger partial charge in [-0.3, -0.25) is 0 Å². The van der Waals surface area contributed by atoms with Gasteiger partial charge in [0.25, 0.3) is 0 Å². The molecule has 0 amide bonds. The lowest BCUT2D eigenvalue weighted by atomic mass is 10.3. The highest BCUT2D eigenvalue weighted by atomic mass is 79.9. The zero-order valence-electron chi connectivity index (χ0n) is 10.8. The first-order valence-corrected chi connectivity index (χ1v) is 7.57. The summed E-state index contributed by atoms with van der Waals surface area (Å²) in [5, 5.41) is 8.12. The lowest BCUT2D eigenvalue weighted by Crippen LogP contribution is -2.11. The maximum atomic E-state index is 6.07. The van der Waals surface area contributed by atoms with Crippen LogP contribution in [0.2, 0.25) is 10.0 Å². The van der Waals surface area contributed by atoms with Crippen molar-refractivity contribution in [2.75, 3.05) is 6.54 Å². The summed E-state index contributed by atoms with van der Waals surface area (Å²) in [6.45, 7) is 3.83. The average Bonchev–Trinajstić information content (AvgIpc) is 2.87. The van der Waals surface area contributed by atoms with Gasteiger partial charge in [-0.25, -0.2) is 0 Å². The molecule has 4 nitrogen and oxygen atoms in total. The highest BCUT2D eigenvalue weighted by Gasteiger charge is 2.09. The Morgan fingerprint density at radius 3 is 2.85 bits per heavy atom. The topological polar surface area (TPSA) is 47.3 Å². The van der Waals surface area contributed by atoms with Crippen molar-refractivity contribution in [3.63, 3.8) is 0 Å². The van der Waals surface area contributed by atoms with E-state index in [9.17, 15) is 0 Å². The van der Waals surface area contributed by atoms with E-state index in [1.54, 1.807) is 12.1 Å². The Balaban J connectivity index is 1.98. The first kappa shape index (κ1) is 15.6. The van der Waals surface area contributed by atoms with E-state index in [-0.39, 0.29) is 6.61 Å². The lowest BCUT2D eigenvalue weighted by molar-refractivity contribution is 0.248. The fourth-order valence-electron chi connectivity index (χ4n) is 1.52. The minimum Gasteiger partial charge on any atom is -0.484 e. The number of hydrogen-bond donors (Lipinski definition) is 1. The van der Waals surface area contributed by atoms with Crippen molar-refractivity contribution in [3.8, 4) is 5.75 Å². The summed E-state index contributed by atoms with van der Waals surface area (Å²) in [5.41, 5.74) is 0.838. The molecule has 1 N–H and O–H groups in total. The highest BCUT2D eigenvalue weighted by molar-refractivity contribution is 9.10. The van der Waals surface area contributed by atoms with Crippen LogP contribution in [-0.2, 0) is 13.2 Å². The molecule has 0 aliphatic carbocycles. The van der Waals surface area contributed by atoms with Crippen LogP contribution >= 0.6 is 39.1 Å². The van der Waals surface area contributed by atoms with Gasteiger partial charge in [0.05, 0.1) is 15.7 Å². The maximum Gasteiger partial charge on any atom is 0.174 e. The predicted molar refractivity (Wildman–Crippen MR) is 82.4 cm³/mol. The van der Waals surface area contributed by atoms with Crippen LogP contribution in [0.3, 0.4) is 0 Å². The van der Waals surface area contributed by atoms with Gasteiger partial charge in [-0.15, -0.1) is 0 Å². The highest BCUT2D eigenvalue weighted by Crippen LogP contribution is 2.34. The fraction of sp³-hybridized carbons (Fsp3) is 0.308. The van der Waals surface area contributed by atoms with Crippen LogP contribution in [0.1, 0.15) is 18.4 Å². The van der Waals surface area contributed by atoms with Crippen molar-refractivity contribution in [1.29, 1.82) is 0 Å². The predicted octanol–water partition coefficient (Wildman–Crippen LogP) is 4.43. The molecular formula is C13H13BrCl2N2O2. The van der Waals surface area contributed by atoms with Crippen molar-refractivity contribution < 1.29 is 9.26 Å². The molecule has 108 valence electrons. The average molecular weight is 380 g/mol. The largest absolute Gasteiger partial charge is 0.484 e. The van der Waals surface area contributed by atoms with E-state index in [0.717, 1.165) is 16.7 Å². The number of ether oxygens (including phenoxy) is 1. The number of nitrogens with zero attached hydrogens (tertiary/aromatic N) is 1. The second-order valence-electron chi connectivity index (χ2n) is 4.05. The summed E-state index contributed by atoms with van der Waals surface area (Å²) >= 11 is 15.4. The molecule has 0 radical (unpaired) electrons. The Labute approximate surface area is 135 Å². The molecule has 0 unspecified atom stereocenters. The van der Waals surface area contributed by atoms with E-state index >= 15 is 0 Å². The van der Waals surface area contributed by atoms with E-state index in [4.69, 9.17) is 32.5 Å². The van der Waals surface area contributed by atoms with Crippen LogP contribution in [-0.4, -0.2) is 11.7 Å². The Bertz CT molecular complexity index is 590. The van der Waals surface area contributed by atoms with Crippen LogP contribution in [0.25, 0.3) is 0 Å². The lowest BCUT2D eigenvalue weighted by Gasteiger charge is -2.07. The Morgan fingerprint density at radius 1 is 1.30 bits per heavy atom. The van der Waals surface area contributed by atoms with Crippen molar-refractivity contribution >= 4 is 39.1 Å². The van der Waals surface area contributed by atoms with Crippen molar-refractivity contribution in [2.45, 2.75) is 20.1 Å². The monoisotopic (exact) mass is 378 g/mol. The first-order chi connectivity index (χ1) is 9.60. The van der Waals surface area contributed by atoms with Crippen LogP contribution in [0.15, 0.2) is 27.2 Å². The number of nitrogens with one attached hydrogen (secondary N) is 1. The van der Waals surface area contributed by atoms with E-state index in [1.165, 1.54) is 0 Å². The van der Waals surface area contributed by atoms with Crippen LogP contribution in [0, 0.1) is 0 Å². The van der Waals surface area contributed by atoms with Crippen LogP contribution < -0.4 is 10.1 Å². The van der Waals surface area contributed by atoms with E-state index < -0.39 is 0 Å². The molecule has 0 bridgehead atoms. The van der Waals surface area contributed by atoms with Crippen molar-refractivity contribution in [3.05, 3.63) is 44.2 Å². The second-order valence-corrected chi connectivity index (χ2v) is 5.72. The van der Waals surface area contributed by atoms with Gasteiger partial charge in [-0.05, 0) is 28.5 Å². The Kier molecular flexibility index (Phi) is 5.72. The van der Waals surface area contributed by atoms with Crippen molar-refractivity contribution in [2.24, 2.45) is 0 Å². The maximum absolute atomic E-state index is 6.07. The standard InChI is InChI=1S/C13H13BrCl2N2O2/c1-2-17-6-8-3-9(20-18-8)7-19-13-5-11(15)10(14)4-12(13)16/h3-5,17H,2,6-7H2,1H3. The normalized spacial score (nSPS) is 10.8.